The van der Waals surface area contributed by atoms with Gasteiger partial charge >= 0.3 is 5.69 Å². The van der Waals surface area contributed by atoms with Gasteiger partial charge in [-0.3, -0.25) is 13.9 Å². The van der Waals surface area contributed by atoms with E-state index in [0.717, 1.165) is 23.2 Å². The predicted molar refractivity (Wildman–Crippen MR) is 81.5 cm³/mol. The molecule has 0 amide bonds. The molecular weight excluding hydrogens is 266 g/mol. The van der Waals surface area contributed by atoms with E-state index in [1.54, 1.807) is 7.05 Å². The molecule has 21 heavy (non-hydrogen) atoms. The standard InChI is InChI=1S/C16H19N3O2/c1-18-13(8-15(20)19(2)16(18)21)10-17-9-12-7-11-5-3-4-6-14(11)12/h3-6,8,12,17H,7,9-10H2,1-2H3. The van der Waals surface area contributed by atoms with Gasteiger partial charge in [-0.25, -0.2) is 4.79 Å². The Bertz CT molecular complexity index is 789. The molecule has 1 aliphatic carbocycles. The maximum absolute atomic E-state index is 11.8. The molecule has 1 N–H and O–H groups in total. The summed E-state index contributed by atoms with van der Waals surface area (Å²) in [7, 11) is 3.19. The fraction of sp³-hybridized carbons (Fsp3) is 0.375. The van der Waals surface area contributed by atoms with Crippen molar-refractivity contribution in [1.82, 2.24) is 14.5 Å². The zero-order valence-corrected chi connectivity index (χ0v) is 12.3. The van der Waals surface area contributed by atoms with Crippen molar-refractivity contribution in [2.45, 2.75) is 18.9 Å². The van der Waals surface area contributed by atoms with Crippen molar-refractivity contribution in [1.29, 1.82) is 0 Å². The predicted octanol–water partition coefficient (Wildman–Crippen LogP) is 0.513. The van der Waals surface area contributed by atoms with E-state index >= 15 is 0 Å². The Kier molecular flexibility index (Phi) is 3.51. The average Bonchev–Trinajstić information content (AvgIpc) is 2.46. The van der Waals surface area contributed by atoms with E-state index in [0.29, 0.717) is 12.5 Å². The van der Waals surface area contributed by atoms with Crippen molar-refractivity contribution in [2.24, 2.45) is 14.1 Å². The van der Waals surface area contributed by atoms with Gasteiger partial charge in [-0.05, 0) is 17.5 Å². The van der Waals surface area contributed by atoms with E-state index in [1.807, 2.05) is 0 Å². The zero-order valence-electron chi connectivity index (χ0n) is 12.3. The summed E-state index contributed by atoms with van der Waals surface area (Å²) in [6.07, 6.45) is 1.10. The fourth-order valence-corrected chi connectivity index (χ4v) is 2.87. The SMILES string of the molecule is Cn1c(CNCC2Cc3ccccc32)cc(=O)n(C)c1=O. The minimum absolute atomic E-state index is 0.260. The third kappa shape index (κ3) is 2.45. The Hall–Kier alpha value is -2.14. The van der Waals surface area contributed by atoms with Gasteiger partial charge < -0.3 is 5.32 Å². The Morgan fingerprint density at radius 3 is 2.71 bits per heavy atom. The molecule has 0 fully saturated rings. The molecule has 0 saturated heterocycles. The van der Waals surface area contributed by atoms with Gasteiger partial charge in [-0.1, -0.05) is 24.3 Å². The number of fused-ring (bicyclic) bond motifs is 1. The van der Waals surface area contributed by atoms with Crippen LogP contribution in [0.4, 0.5) is 0 Å². The fourth-order valence-electron chi connectivity index (χ4n) is 2.87. The highest BCUT2D eigenvalue weighted by Crippen LogP contribution is 2.33. The van der Waals surface area contributed by atoms with E-state index in [1.165, 1.54) is 28.8 Å². The van der Waals surface area contributed by atoms with Crippen LogP contribution in [0.3, 0.4) is 0 Å². The lowest BCUT2D eigenvalue weighted by molar-refractivity contribution is 0.520. The summed E-state index contributed by atoms with van der Waals surface area (Å²) in [5.41, 5.74) is 3.00. The number of hydrogen-bond acceptors (Lipinski definition) is 3. The number of aromatic nitrogens is 2. The van der Waals surface area contributed by atoms with E-state index in [9.17, 15) is 9.59 Å². The van der Waals surface area contributed by atoms with Crippen molar-refractivity contribution in [3.63, 3.8) is 0 Å². The molecule has 1 aliphatic rings. The summed E-state index contributed by atoms with van der Waals surface area (Å²) in [4.78, 5) is 23.5. The van der Waals surface area contributed by atoms with Crippen LogP contribution in [0.2, 0.25) is 0 Å². The van der Waals surface area contributed by atoms with Crippen molar-refractivity contribution < 1.29 is 0 Å². The van der Waals surface area contributed by atoms with Gasteiger partial charge in [0.25, 0.3) is 5.56 Å². The van der Waals surface area contributed by atoms with Crippen molar-refractivity contribution >= 4 is 0 Å². The van der Waals surface area contributed by atoms with Gasteiger partial charge in [0.1, 0.15) is 0 Å². The monoisotopic (exact) mass is 285 g/mol. The van der Waals surface area contributed by atoms with E-state index in [2.05, 4.69) is 29.6 Å². The molecule has 0 aliphatic heterocycles. The van der Waals surface area contributed by atoms with E-state index < -0.39 is 0 Å². The molecule has 1 aromatic carbocycles. The van der Waals surface area contributed by atoms with Crippen LogP contribution in [0, 0.1) is 0 Å². The summed E-state index contributed by atoms with van der Waals surface area (Å²) >= 11 is 0. The maximum Gasteiger partial charge on any atom is 0.330 e. The smallest absolute Gasteiger partial charge is 0.311 e. The molecule has 0 radical (unpaired) electrons. The third-order valence-corrected chi connectivity index (χ3v) is 4.28. The lowest BCUT2D eigenvalue weighted by Gasteiger charge is -2.30. The summed E-state index contributed by atoms with van der Waals surface area (Å²) in [5, 5.41) is 3.35. The van der Waals surface area contributed by atoms with Gasteiger partial charge in [-0.2, -0.15) is 0 Å². The Morgan fingerprint density at radius 2 is 1.95 bits per heavy atom. The van der Waals surface area contributed by atoms with Crippen LogP contribution in [0.25, 0.3) is 0 Å². The van der Waals surface area contributed by atoms with Gasteiger partial charge in [0, 0.05) is 44.9 Å². The van der Waals surface area contributed by atoms with Crippen molar-refractivity contribution in [2.75, 3.05) is 6.54 Å². The maximum atomic E-state index is 11.8. The molecule has 3 rings (SSSR count). The molecule has 1 unspecified atom stereocenters. The second kappa shape index (κ2) is 5.33. The van der Waals surface area contributed by atoms with Crippen LogP contribution in [-0.4, -0.2) is 15.7 Å². The topological polar surface area (TPSA) is 56.0 Å². The molecule has 0 spiro atoms. The summed E-state index contributed by atoms with van der Waals surface area (Å²) < 4.78 is 2.63. The second-order valence-electron chi connectivity index (χ2n) is 5.61. The van der Waals surface area contributed by atoms with Crippen LogP contribution in [-0.2, 0) is 27.1 Å². The molecule has 1 atom stereocenters. The van der Waals surface area contributed by atoms with Crippen LogP contribution in [0.15, 0.2) is 39.9 Å². The van der Waals surface area contributed by atoms with Gasteiger partial charge in [0.2, 0.25) is 0 Å². The van der Waals surface area contributed by atoms with Gasteiger partial charge in [-0.15, -0.1) is 0 Å². The molecule has 1 aromatic heterocycles. The third-order valence-electron chi connectivity index (χ3n) is 4.28. The number of hydrogen-bond donors (Lipinski definition) is 1. The molecule has 2 aromatic rings. The van der Waals surface area contributed by atoms with Crippen LogP contribution in [0.1, 0.15) is 22.7 Å². The first-order chi connectivity index (χ1) is 10.1. The Balaban J connectivity index is 1.65. The Morgan fingerprint density at radius 1 is 1.19 bits per heavy atom. The normalized spacial score (nSPS) is 16.4. The summed E-state index contributed by atoms with van der Waals surface area (Å²) in [6.45, 7) is 1.39. The molecule has 0 bridgehead atoms. The highest BCUT2D eigenvalue weighted by Gasteiger charge is 2.24. The first kappa shape index (κ1) is 13.8. The minimum Gasteiger partial charge on any atom is -0.311 e. The Labute approximate surface area is 122 Å². The molecule has 5 heteroatoms. The molecule has 1 heterocycles. The molecular formula is C16H19N3O2. The van der Waals surface area contributed by atoms with Crippen LogP contribution in [0.5, 0.6) is 0 Å². The minimum atomic E-state index is -0.284. The van der Waals surface area contributed by atoms with Gasteiger partial charge in [0.15, 0.2) is 0 Å². The molecule has 5 nitrogen and oxygen atoms in total. The number of benzene rings is 1. The average molecular weight is 285 g/mol. The first-order valence-corrected chi connectivity index (χ1v) is 7.12. The lowest BCUT2D eigenvalue weighted by atomic mass is 9.77. The second-order valence-corrected chi connectivity index (χ2v) is 5.61. The van der Waals surface area contributed by atoms with Crippen molar-refractivity contribution in [3.8, 4) is 0 Å². The van der Waals surface area contributed by atoms with Crippen LogP contribution < -0.4 is 16.6 Å². The van der Waals surface area contributed by atoms with Crippen molar-refractivity contribution in [3.05, 3.63) is 68.0 Å². The number of rotatable bonds is 4. The van der Waals surface area contributed by atoms with Gasteiger partial charge in [0.05, 0.1) is 0 Å². The quantitative estimate of drug-likeness (QED) is 0.891. The zero-order chi connectivity index (χ0) is 15.0. The lowest BCUT2D eigenvalue weighted by Crippen LogP contribution is -2.39. The number of nitrogens with zero attached hydrogens (tertiary/aromatic N) is 2. The highest BCUT2D eigenvalue weighted by molar-refractivity contribution is 5.40. The van der Waals surface area contributed by atoms with Crippen LogP contribution >= 0.6 is 0 Å². The molecule has 110 valence electrons. The number of nitrogens with one attached hydrogen (secondary N) is 1. The summed E-state index contributed by atoms with van der Waals surface area (Å²) in [6, 6.07) is 9.98. The first-order valence-electron chi connectivity index (χ1n) is 7.12. The largest absolute Gasteiger partial charge is 0.330 e. The summed E-state index contributed by atoms with van der Waals surface area (Å²) in [5.74, 6) is 0.532. The van der Waals surface area contributed by atoms with E-state index in [4.69, 9.17) is 0 Å². The van der Waals surface area contributed by atoms with E-state index in [-0.39, 0.29) is 11.2 Å². The highest BCUT2D eigenvalue weighted by atomic mass is 16.2. The molecule has 0 saturated carbocycles.